The lowest BCUT2D eigenvalue weighted by Crippen LogP contribution is -2.12. The van der Waals surface area contributed by atoms with E-state index >= 15 is 0 Å². The van der Waals surface area contributed by atoms with Gasteiger partial charge in [0.1, 0.15) is 23.7 Å². The highest BCUT2D eigenvalue weighted by Gasteiger charge is 2.17. The van der Waals surface area contributed by atoms with Crippen LogP contribution in [0.1, 0.15) is 11.1 Å². The molecule has 0 aliphatic heterocycles. The van der Waals surface area contributed by atoms with Gasteiger partial charge >= 0.3 is 0 Å². The van der Waals surface area contributed by atoms with E-state index in [4.69, 9.17) is 17.0 Å². The Bertz CT molecular complexity index is 912. The molecule has 3 aromatic rings. The minimum Gasteiger partial charge on any atom is -0.508 e. The summed E-state index contributed by atoms with van der Waals surface area (Å²) in [6, 6.07) is 13.7. The molecule has 0 aliphatic carbocycles. The number of rotatable bonds is 5. The number of aromatic nitrogens is 2. The van der Waals surface area contributed by atoms with Crippen molar-refractivity contribution in [3.63, 3.8) is 0 Å². The van der Waals surface area contributed by atoms with Gasteiger partial charge in [0.05, 0.1) is 11.3 Å². The molecule has 0 aliphatic rings. The quantitative estimate of drug-likeness (QED) is 0.519. The largest absolute Gasteiger partial charge is 0.508 e. The predicted molar refractivity (Wildman–Crippen MR) is 100 cm³/mol. The third-order valence-corrected chi connectivity index (χ3v) is 3.81. The SMILES string of the molecule is CNc1ncnc(Nc2cccc(Cl)c2)c1C(=N)c1ccc(O)cc1. The summed E-state index contributed by atoms with van der Waals surface area (Å²) in [5, 5.41) is 24.8. The molecule has 3 rings (SSSR count). The maximum atomic E-state index is 9.45. The second-order valence-electron chi connectivity index (χ2n) is 5.25. The van der Waals surface area contributed by atoms with E-state index < -0.39 is 0 Å². The van der Waals surface area contributed by atoms with Crippen LogP contribution in [0.15, 0.2) is 54.9 Å². The normalized spacial score (nSPS) is 10.3. The van der Waals surface area contributed by atoms with Crippen molar-refractivity contribution in [2.45, 2.75) is 0 Å². The number of benzene rings is 2. The molecule has 0 spiro atoms. The van der Waals surface area contributed by atoms with Crippen LogP contribution in [0.5, 0.6) is 5.75 Å². The number of nitrogens with one attached hydrogen (secondary N) is 3. The van der Waals surface area contributed by atoms with Gasteiger partial charge in [-0.3, -0.25) is 5.41 Å². The van der Waals surface area contributed by atoms with Crippen molar-refractivity contribution < 1.29 is 5.11 Å². The van der Waals surface area contributed by atoms with E-state index in [0.717, 1.165) is 5.69 Å². The first kappa shape index (κ1) is 16.7. The Morgan fingerprint density at radius 3 is 2.48 bits per heavy atom. The van der Waals surface area contributed by atoms with E-state index in [-0.39, 0.29) is 11.5 Å². The standard InChI is InChI=1S/C18H16ClN5O/c1-21-17-15(16(20)11-5-7-14(25)8-6-11)18(23-10-22-17)24-13-4-2-3-12(19)9-13/h2-10,20,25H,1H3,(H2,21,22,23,24). The molecule has 25 heavy (non-hydrogen) atoms. The molecule has 2 aromatic carbocycles. The van der Waals surface area contributed by atoms with Gasteiger partial charge in [-0.05, 0) is 42.5 Å². The van der Waals surface area contributed by atoms with Crippen LogP contribution in [-0.2, 0) is 0 Å². The van der Waals surface area contributed by atoms with Crippen molar-refractivity contribution in [2.24, 2.45) is 0 Å². The molecule has 0 saturated heterocycles. The highest BCUT2D eigenvalue weighted by atomic mass is 35.5. The fourth-order valence-electron chi connectivity index (χ4n) is 2.38. The van der Waals surface area contributed by atoms with Crippen LogP contribution >= 0.6 is 11.6 Å². The summed E-state index contributed by atoms with van der Waals surface area (Å²) in [4.78, 5) is 8.48. The number of nitrogens with zero attached hydrogens (tertiary/aromatic N) is 2. The maximum Gasteiger partial charge on any atom is 0.145 e. The zero-order valence-electron chi connectivity index (χ0n) is 13.4. The lowest BCUT2D eigenvalue weighted by molar-refractivity contribution is 0.475. The van der Waals surface area contributed by atoms with E-state index in [1.165, 1.54) is 18.5 Å². The summed E-state index contributed by atoms with van der Waals surface area (Å²) in [6.07, 6.45) is 1.42. The molecular weight excluding hydrogens is 338 g/mol. The predicted octanol–water partition coefficient (Wildman–Crippen LogP) is 4.04. The lowest BCUT2D eigenvalue weighted by atomic mass is 10.0. The smallest absolute Gasteiger partial charge is 0.145 e. The van der Waals surface area contributed by atoms with Gasteiger partial charge in [-0.1, -0.05) is 17.7 Å². The Kier molecular flexibility index (Phi) is 4.81. The fraction of sp³-hybridized carbons (Fsp3) is 0.0556. The number of anilines is 3. The fourth-order valence-corrected chi connectivity index (χ4v) is 2.57. The van der Waals surface area contributed by atoms with Crippen molar-refractivity contribution in [1.29, 1.82) is 5.41 Å². The van der Waals surface area contributed by atoms with Gasteiger partial charge in [0.25, 0.3) is 0 Å². The number of halogens is 1. The molecule has 126 valence electrons. The van der Waals surface area contributed by atoms with Gasteiger partial charge in [-0.15, -0.1) is 0 Å². The number of hydrogen-bond acceptors (Lipinski definition) is 6. The highest BCUT2D eigenvalue weighted by molar-refractivity contribution is 6.30. The van der Waals surface area contributed by atoms with Crippen LogP contribution in [-0.4, -0.2) is 27.8 Å². The molecule has 0 fully saturated rings. The zero-order valence-corrected chi connectivity index (χ0v) is 14.2. The van der Waals surface area contributed by atoms with Crippen molar-refractivity contribution >= 4 is 34.6 Å². The minimum absolute atomic E-state index is 0.145. The average Bonchev–Trinajstić information content (AvgIpc) is 2.61. The van der Waals surface area contributed by atoms with Crippen LogP contribution in [0.4, 0.5) is 17.3 Å². The monoisotopic (exact) mass is 353 g/mol. The van der Waals surface area contributed by atoms with Gasteiger partial charge < -0.3 is 15.7 Å². The summed E-state index contributed by atoms with van der Waals surface area (Å²) in [5.41, 5.74) is 2.15. The molecule has 0 bridgehead atoms. The van der Waals surface area contributed by atoms with Gasteiger partial charge in [-0.2, -0.15) is 0 Å². The van der Waals surface area contributed by atoms with E-state index in [0.29, 0.717) is 27.8 Å². The van der Waals surface area contributed by atoms with Crippen LogP contribution in [0.3, 0.4) is 0 Å². The van der Waals surface area contributed by atoms with Crippen molar-refractivity contribution in [3.8, 4) is 5.75 Å². The molecule has 7 heteroatoms. The molecule has 0 unspecified atom stereocenters. The molecule has 0 radical (unpaired) electrons. The first-order valence-electron chi connectivity index (χ1n) is 7.52. The summed E-state index contributed by atoms with van der Waals surface area (Å²) in [5.74, 6) is 1.16. The lowest BCUT2D eigenvalue weighted by Gasteiger charge is -2.15. The molecule has 6 nitrogen and oxygen atoms in total. The van der Waals surface area contributed by atoms with Crippen molar-refractivity contribution in [2.75, 3.05) is 17.7 Å². The number of aromatic hydroxyl groups is 1. The third kappa shape index (κ3) is 3.70. The first-order valence-corrected chi connectivity index (χ1v) is 7.90. The summed E-state index contributed by atoms with van der Waals surface area (Å²) < 4.78 is 0. The van der Waals surface area contributed by atoms with Crippen LogP contribution in [0.2, 0.25) is 5.02 Å². The van der Waals surface area contributed by atoms with Crippen molar-refractivity contribution in [1.82, 2.24) is 9.97 Å². The highest BCUT2D eigenvalue weighted by Crippen LogP contribution is 2.27. The first-order chi connectivity index (χ1) is 12.1. The Morgan fingerprint density at radius 2 is 1.80 bits per heavy atom. The number of phenolic OH excluding ortho intramolecular Hbond substituents is 1. The summed E-state index contributed by atoms with van der Waals surface area (Å²) in [6.45, 7) is 0. The van der Waals surface area contributed by atoms with Gasteiger partial charge in [0, 0.05) is 23.3 Å². The second-order valence-corrected chi connectivity index (χ2v) is 5.69. The Hall–Kier alpha value is -3.12. The van der Waals surface area contributed by atoms with Gasteiger partial charge in [0.2, 0.25) is 0 Å². The van der Waals surface area contributed by atoms with E-state index in [9.17, 15) is 5.11 Å². The molecule has 0 amide bonds. The Labute approximate surface area is 150 Å². The third-order valence-electron chi connectivity index (χ3n) is 3.58. The molecular formula is C18H16ClN5O. The van der Waals surface area contributed by atoms with Crippen LogP contribution < -0.4 is 10.6 Å². The second kappa shape index (κ2) is 7.19. The Balaban J connectivity index is 2.04. The van der Waals surface area contributed by atoms with Crippen molar-refractivity contribution in [3.05, 3.63) is 71.0 Å². The molecule has 1 heterocycles. The number of hydrogen-bond donors (Lipinski definition) is 4. The molecule has 4 N–H and O–H groups in total. The summed E-state index contributed by atoms with van der Waals surface area (Å²) in [7, 11) is 1.74. The maximum absolute atomic E-state index is 9.45. The van der Waals surface area contributed by atoms with Crippen LogP contribution in [0.25, 0.3) is 0 Å². The average molecular weight is 354 g/mol. The number of phenols is 1. The molecule has 1 aromatic heterocycles. The zero-order chi connectivity index (χ0) is 17.8. The minimum atomic E-state index is 0.145. The van der Waals surface area contributed by atoms with E-state index in [1.807, 2.05) is 12.1 Å². The van der Waals surface area contributed by atoms with Crippen LogP contribution in [0, 0.1) is 5.41 Å². The molecule has 0 atom stereocenters. The molecule has 0 saturated carbocycles. The van der Waals surface area contributed by atoms with E-state index in [2.05, 4.69) is 20.6 Å². The Morgan fingerprint density at radius 1 is 1.08 bits per heavy atom. The van der Waals surface area contributed by atoms with Gasteiger partial charge in [0.15, 0.2) is 0 Å². The topological polar surface area (TPSA) is 93.9 Å². The van der Waals surface area contributed by atoms with Gasteiger partial charge in [-0.25, -0.2) is 9.97 Å². The summed E-state index contributed by atoms with van der Waals surface area (Å²) >= 11 is 6.03. The van der Waals surface area contributed by atoms with E-state index in [1.54, 1.807) is 31.3 Å².